The van der Waals surface area contributed by atoms with Gasteiger partial charge in [-0.1, -0.05) is 0 Å². The molecule has 0 aliphatic carbocycles. The van der Waals surface area contributed by atoms with Crippen LogP contribution in [0.4, 0.5) is 10.1 Å². The lowest BCUT2D eigenvalue weighted by molar-refractivity contribution is -0.131. The molecular formula is C14H10FNO4. The number of halogens is 1. The van der Waals surface area contributed by atoms with E-state index in [4.69, 9.17) is 9.52 Å². The van der Waals surface area contributed by atoms with Gasteiger partial charge < -0.3 is 14.8 Å². The van der Waals surface area contributed by atoms with Crippen molar-refractivity contribution in [3.63, 3.8) is 0 Å². The number of hydrogen-bond donors (Lipinski definition) is 2. The van der Waals surface area contributed by atoms with Gasteiger partial charge in [0.25, 0.3) is 5.91 Å². The van der Waals surface area contributed by atoms with Crippen LogP contribution in [0.25, 0.3) is 6.08 Å². The Morgan fingerprint density at radius 2 is 2.10 bits per heavy atom. The fourth-order valence-corrected chi connectivity index (χ4v) is 1.51. The molecule has 0 aliphatic heterocycles. The zero-order chi connectivity index (χ0) is 14.5. The number of hydrogen-bond acceptors (Lipinski definition) is 3. The van der Waals surface area contributed by atoms with Crippen molar-refractivity contribution in [2.24, 2.45) is 0 Å². The molecule has 102 valence electrons. The van der Waals surface area contributed by atoms with Gasteiger partial charge in [0.05, 0.1) is 6.26 Å². The van der Waals surface area contributed by atoms with Gasteiger partial charge in [-0.2, -0.15) is 0 Å². The molecule has 0 radical (unpaired) electrons. The Bertz CT molecular complexity index is 662. The number of amides is 1. The Morgan fingerprint density at radius 1 is 1.30 bits per heavy atom. The van der Waals surface area contributed by atoms with Crippen molar-refractivity contribution in [1.82, 2.24) is 0 Å². The van der Waals surface area contributed by atoms with Crippen LogP contribution in [0.1, 0.15) is 16.1 Å². The number of carboxylic acid groups (broad SMARTS) is 1. The molecule has 0 atom stereocenters. The number of carbonyl (C=O) groups is 2. The second-order valence-corrected chi connectivity index (χ2v) is 3.84. The summed E-state index contributed by atoms with van der Waals surface area (Å²) >= 11 is 0. The van der Waals surface area contributed by atoms with Gasteiger partial charge in [0.2, 0.25) is 0 Å². The molecule has 1 heterocycles. The van der Waals surface area contributed by atoms with Crippen LogP contribution in [0.5, 0.6) is 0 Å². The molecule has 0 aliphatic rings. The summed E-state index contributed by atoms with van der Waals surface area (Å²) in [6.45, 7) is 0. The number of carbonyl (C=O) groups excluding carboxylic acids is 1. The molecule has 0 saturated carbocycles. The second kappa shape index (κ2) is 5.83. The van der Waals surface area contributed by atoms with Crippen LogP contribution in [-0.2, 0) is 4.79 Å². The Labute approximate surface area is 113 Å². The van der Waals surface area contributed by atoms with E-state index in [-0.39, 0.29) is 11.3 Å². The van der Waals surface area contributed by atoms with Crippen LogP contribution in [0, 0.1) is 5.82 Å². The van der Waals surface area contributed by atoms with Crippen molar-refractivity contribution >= 4 is 23.6 Å². The molecule has 6 heteroatoms. The normalized spacial score (nSPS) is 10.7. The van der Waals surface area contributed by atoms with Gasteiger partial charge in [0, 0.05) is 17.3 Å². The molecule has 20 heavy (non-hydrogen) atoms. The molecule has 2 N–H and O–H groups in total. The van der Waals surface area contributed by atoms with Gasteiger partial charge in [-0.3, -0.25) is 4.79 Å². The van der Waals surface area contributed by atoms with Crippen molar-refractivity contribution in [3.05, 3.63) is 59.8 Å². The van der Waals surface area contributed by atoms with Crippen molar-refractivity contribution < 1.29 is 23.5 Å². The molecule has 0 saturated heterocycles. The fraction of sp³-hybridized carbons (Fsp3) is 0. The average molecular weight is 275 g/mol. The lowest BCUT2D eigenvalue weighted by atomic mass is 10.1. The van der Waals surface area contributed by atoms with Crippen LogP contribution < -0.4 is 5.32 Å². The largest absolute Gasteiger partial charge is 0.478 e. The van der Waals surface area contributed by atoms with E-state index in [2.05, 4.69) is 5.32 Å². The SMILES string of the molecule is O=C(O)/C=C/c1cc(NC(=O)c2ccco2)ccc1F. The van der Waals surface area contributed by atoms with E-state index in [1.807, 2.05) is 0 Å². The van der Waals surface area contributed by atoms with E-state index in [0.717, 1.165) is 18.2 Å². The van der Waals surface area contributed by atoms with Crippen LogP contribution in [0.15, 0.2) is 47.1 Å². The minimum atomic E-state index is -1.19. The zero-order valence-electron chi connectivity index (χ0n) is 10.2. The van der Waals surface area contributed by atoms with E-state index in [0.29, 0.717) is 5.69 Å². The molecule has 5 nitrogen and oxygen atoms in total. The summed E-state index contributed by atoms with van der Waals surface area (Å²) in [5, 5.41) is 11.0. The molecular weight excluding hydrogens is 265 g/mol. The third-order valence-corrected chi connectivity index (χ3v) is 2.40. The first-order chi connectivity index (χ1) is 9.56. The average Bonchev–Trinajstić information content (AvgIpc) is 2.93. The highest BCUT2D eigenvalue weighted by atomic mass is 19.1. The number of aliphatic carboxylic acids is 1. The first-order valence-electron chi connectivity index (χ1n) is 5.61. The third kappa shape index (κ3) is 3.32. The number of furan rings is 1. The van der Waals surface area contributed by atoms with Crippen molar-refractivity contribution in [3.8, 4) is 0 Å². The summed E-state index contributed by atoms with van der Waals surface area (Å²) in [7, 11) is 0. The number of rotatable bonds is 4. The highest BCUT2D eigenvalue weighted by molar-refractivity contribution is 6.02. The highest BCUT2D eigenvalue weighted by Crippen LogP contribution is 2.17. The van der Waals surface area contributed by atoms with Crippen molar-refractivity contribution in [2.75, 3.05) is 5.32 Å². The topological polar surface area (TPSA) is 79.5 Å². The summed E-state index contributed by atoms with van der Waals surface area (Å²) in [6.07, 6.45) is 3.29. The summed E-state index contributed by atoms with van der Waals surface area (Å²) in [4.78, 5) is 22.1. The number of nitrogens with one attached hydrogen (secondary N) is 1. The van der Waals surface area contributed by atoms with E-state index < -0.39 is 17.7 Å². The molecule has 2 aromatic rings. The predicted molar refractivity (Wildman–Crippen MR) is 69.7 cm³/mol. The summed E-state index contributed by atoms with van der Waals surface area (Å²) in [5.41, 5.74) is 0.391. The predicted octanol–water partition coefficient (Wildman–Crippen LogP) is 2.77. The van der Waals surface area contributed by atoms with Gasteiger partial charge in [-0.05, 0) is 36.4 Å². The Morgan fingerprint density at radius 3 is 2.75 bits per heavy atom. The van der Waals surface area contributed by atoms with Crippen molar-refractivity contribution in [2.45, 2.75) is 0 Å². The highest BCUT2D eigenvalue weighted by Gasteiger charge is 2.09. The first kappa shape index (κ1) is 13.5. The number of carboxylic acids is 1. The molecule has 2 rings (SSSR count). The molecule has 1 amide bonds. The van der Waals surface area contributed by atoms with Gasteiger partial charge >= 0.3 is 5.97 Å². The Balaban J connectivity index is 2.19. The molecule has 0 spiro atoms. The number of benzene rings is 1. The third-order valence-electron chi connectivity index (χ3n) is 2.40. The summed E-state index contributed by atoms with van der Waals surface area (Å²) in [6, 6.07) is 6.90. The van der Waals surface area contributed by atoms with Gasteiger partial charge in [-0.15, -0.1) is 0 Å². The van der Waals surface area contributed by atoms with Gasteiger partial charge in [-0.25, -0.2) is 9.18 Å². The summed E-state index contributed by atoms with van der Waals surface area (Å²) in [5.74, 6) is -2.13. The molecule has 0 unspecified atom stereocenters. The van der Waals surface area contributed by atoms with Crippen molar-refractivity contribution in [1.29, 1.82) is 0 Å². The monoisotopic (exact) mass is 275 g/mol. The van der Waals surface area contributed by atoms with Gasteiger partial charge in [0.15, 0.2) is 5.76 Å². The van der Waals surface area contributed by atoms with Crippen LogP contribution in [0.3, 0.4) is 0 Å². The molecule has 1 aromatic carbocycles. The number of anilines is 1. The summed E-state index contributed by atoms with van der Waals surface area (Å²) < 4.78 is 18.4. The second-order valence-electron chi connectivity index (χ2n) is 3.84. The Kier molecular flexibility index (Phi) is 3.95. The van der Waals surface area contributed by atoms with E-state index in [9.17, 15) is 14.0 Å². The maximum atomic E-state index is 13.5. The van der Waals surface area contributed by atoms with Crippen LogP contribution in [0.2, 0.25) is 0 Å². The van der Waals surface area contributed by atoms with Crippen LogP contribution in [-0.4, -0.2) is 17.0 Å². The molecule has 1 aromatic heterocycles. The van der Waals surface area contributed by atoms with E-state index in [1.165, 1.54) is 24.5 Å². The van der Waals surface area contributed by atoms with E-state index in [1.54, 1.807) is 6.07 Å². The van der Waals surface area contributed by atoms with E-state index >= 15 is 0 Å². The lowest BCUT2D eigenvalue weighted by Crippen LogP contribution is -2.11. The lowest BCUT2D eigenvalue weighted by Gasteiger charge is -2.05. The quantitative estimate of drug-likeness (QED) is 0.841. The molecule has 0 bridgehead atoms. The zero-order valence-corrected chi connectivity index (χ0v) is 10.2. The minimum Gasteiger partial charge on any atom is -0.478 e. The smallest absolute Gasteiger partial charge is 0.328 e. The van der Waals surface area contributed by atoms with Crippen LogP contribution >= 0.6 is 0 Å². The fourth-order valence-electron chi connectivity index (χ4n) is 1.51. The standard InChI is InChI=1S/C14H10FNO4/c15-11-5-4-10(8-9(11)3-6-13(17)18)16-14(19)12-2-1-7-20-12/h1-8H,(H,16,19)(H,17,18)/b6-3+. The maximum absolute atomic E-state index is 13.5. The minimum absolute atomic E-state index is 0.0599. The maximum Gasteiger partial charge on any atom is 0.328 e. The Hall–Kier alpha value is -2.89. The first-order valence-corrected chi connectivity index (χ1v) is 5.61. The van der Waals surface area contributed by atoms with Gasteiger partial charge in [0.1, 0.15) is 5.82 Å². The molecule has 0 fully saturated rings.